The summed E-state index contributed by atoms with van der Waals surface area (Å²) in [5.74, 6) is -0.210. The molecule has 1 aromatic carbocycles. The lowest BCUT2D eigenvalue weighted by Crippen LogP contribution is -2.49. The van der Waals surface area contributed by atoms with Crippen LogP contribution in [-0.2, 0) is 22.1 Å². The van der Waals surface area contributed by atoms with E-state index in [9.17, 15) is 26.4 Å². The summed E-state index contributed by atoms with van der Waals surface area (Å²) in [6, 6.07) is 10.5. The molecule has 1 fully saturated rings. The van der Waals surface area contributed by atoms with Crippen molar-refractivity contribution in [2.75, 3.05) is 36.4 Å². The van der Waals surface area contributed by atoms with Gasteiger partial charge in [-0.3, -0.25) is 9.78 Å². The van der Waals surface area contributed by atoms with Gasteiger partial charge < -0.3 is 10.2 Å². The first-order chi connectivity index (χ1) is 17.5. The van der Waals surface area contributed by atoms with E-state index in [1.807, 2.05) is 0 Å². The van der Waals surface area contributed by atoms with E-state index in [0.717, 1.165) is 17.7 Å². The molecule has 3 aromatic rings. The molecule has 1 saturated heterocycles. The van der Waals surface area contributed by atoms with E-state index in [4.69, 9.17) is 23.2 Å². The molecule has 0 spiro atoms. The van der Waals surface area contributed by atoms with E-state index in [2.05, 4.69) is 15.3 Å². The van der Waals surface area contributed by atoms with Crippen molar-refractivity contribution in [1.29, 1.82) is 0 Å². The van der Waals surface area contributed by atoms with Gasteiger partial charge in [-0.1, -0.05) is 11.6 Å². The molecule has 0 atom stereocenters. The van der Waals surface area contributed by atoms with Gasteiger partial charge in [-0.2, -0.15) is 17.5 Å². The molecule has 1 amide bonds. The van der Waals surface area contributed by atoms with Gasteiger partial charge in [-0.15, -0.1) is 11.6 Å². The van der Waals surface area contributed by atoms with Crippen molar-refractivity contribution in [3.05, 3.63) is 76.7 Å². The lowest BCUT2D eigenvalue weighted by atomic mass is 10.2. The number of amides is 1. The Kier molecular flexibility index (Phi) is 7.93. The maximum atomic E-state index is 13.1. The predicted octanol–water partition coefficient (Wildman–Crippen LogP) is 4.65. The normalized spacial score (nSPS) is 15.0. The third kappa shape index (κ3) is 6.32. The molecule has 1 aliphatic rings. The van der Waals surface area contributed by atoms with Gasteiger partial charge in [0.1, 0.15) is 16.7 Å². The van der Waals surface area contributed by atoms with Crippen LogP contribution < -0.4 is 10.2 Å². The molecule has 37 heavy (non-hydrogen) atoms. The number of piperazine rings is 1. The number of aromatic nitrogens is 2. The van der Waals surface area contributed by atoms with E-state index < -0.39 is 27.7 Å². The Morgan fingerprint density at radius 3 is 2.32 bits per heavy atom. The van der Waals surface area contributed by atoms with Crippen molar-refractivity contribution in [3.63, 3.8) is 0 Å². The summed E-state index contributed by atoms with van der Waals surface area (Å²) in [5, 5.41) is 2.36. The molecule has 0 aliphatic carbocycles. The number of sulfonamides is 1. The monoisotopic (exact) mass is 573 g/mol. The maximum absolute atomic E-state index is 13.1. The van der Waals surface area contributed by atoms with E-state index in [0.29, 0.717) is 5.69 Å². The van der Waals surface area contributed by atoms with Gasteiger partial charge in [0.05, 0.1) is 10.5 Å². The summed E-state index contributed by atoms with van der Waals surface area (Å²) in [5.41, 5.74) is 0.353. The Morgan fingerprint density at radius 1 is 1.03 bits per heavy atom. The summed E-state index contributed by atoms with van der Waals surface area (Å²) in [4.78, 5) is 22.0. The van der Waals surface area contributed by atoms with Crippen LogP contribution >= 0.6 is 23.2 Å². The first-order valence-corrected chi connectivity index (χ1v) is 13.2. The Hall–Kier alpha value is -2.93. The fourth-order valence-corrected chi connectivity index (χ4v) is 5.49. The van der Waals surface area contributed by atoms with Crippen molar-refractivity contribution < 1.29 is 26.4 Å². The fourth-order valence-electron chi connectivity index (χ4n) is 3.70. The predicted molar refractivity (Wildman–Crippen MR) is 133 cm³/mol. The number of carbonyl (C=O) groups is 1. The highest BCUT2D eigenvalue weighted by Gasteiger charge is 2.33. The van der Waals surface area contributed by atoms with Crippen LogP contribution in [0.4, 0.5) is 24.7 Å². The van der Waals surface area contributed by atoms with Crippen LogP contribution in [0.3, 0.4) is 0 Å². The minimum Gasteiger partial charge on any atom is -0.354 e. The largest absolute Gasteiger partial charge is 0.416 e. The van der Waals surface area contributed by atoms with Crippen molar-refractivity contribution in [1.82, 2.24) is 14.3 Å². The second-order valence-electron chi connectivity index (χ2n) is 8.09. The zero-order chi connectivity index (χ0) is 26.8. The highest BCUT2D eigenvalue weighted by molar-refractivity contribution is 7.89. The van der Waals surface area contributed by atoms with Gasteiger partial charge in [0.25, 0.3) is 5.91 Å². The van der Waals surface area contributed by atoms with Crippen LogP contribution in [0.25, 0.3) is 0 Å². The van der Waals surface area contributed by atoms with Crippen molar-refractivity contribution in [2.45, 2.75) is 17.0 Å². The molecule has 2 aromatic heterocycles. The molecular weight excluding hydrogens is 554 g/mol. The highest BCUT2D eigenvalue weighted by atomic mass is 35.5. The minimum absolute atomic E-state index is 0.0152. The Labute approximate surface area is 221 Å². The molecule has 0 radical (unpaired) electrons. The number of nitrogens with zero attached hydrogens (tertiary/aromatic N) is 4. The van der Waals surface area contributed by atoms with Crippen molar-refractivity contribution in [2.24, 2.45) is 0 Å². The lowest BCUT2D eigenvalue weighted by Gasteiger charge is -2.35. The second-order valence-corrected chi connectivity index (χ2v) is 10.7. The quantitative estimate of drug-likeness (QED) is 0.340. The van der Waals surface area contributed by atoms with Crippen molar-refractivity contribution >= 4 is 50.6 Å². The topological polar surface area (TPSA) is 95.5 Å². The van der Waals surface area contributed by atoms with E-state index in [1.165, 1.54) is 34.8 Å². The number of alkyl halides is 4. The molecule has 0 unspecified atom stereocenters. The summed E-state index contributed by atoms with van der Waals surface area (Å²) < 4.78 is 66.8. The van der Waals surface area contributed by atoms with Gasteiger partial charge in [0.15, 0.2) is 0 Å². The Balaban J connectivity index is 1.41. The van der Waals surface area contributed by atoms with Gasteiger partial charge >= 0.3 is 6.18 Å². The zero-order valence-electron chi connectivity index (χ0n) is 19.0. The first kappa shape index (κ1) is 27.1. The number of pyridine rings is 2. The number of halogens is 5. The van der Waals surface area contributed by atoms with E-state index in [-0.39, 0.29) is 53.6 Å². The van der Waals surface area contributed by atoms with Crippen LogP contribution in [0, 0.1) is 0 Å². The number of benzene rings is 1. The van der Waals surface area contributed by atoms with E-state index in [1.54, 1.807) is 17.0 Å². The van der Waals surface area contributed by atoms with Crippen LogP contribution in [0.2, 0.25) is 5.15 Å². The van der Waals surface area contributed by atoms with Gasteiger partial charge in [0, 0.05) is 43.9 Å². The molecule has 1 N–H and O–H groups in total. The number of carbonyl (C=O) groups excluding carboxylic acids is 1. The molecule has 1 aliphatic heterocycles. The standard InChI is InChI=1S/C23H20Cl2F3N5O3S/c24-14-15-5-6-29-19(11-15)22(34)30-17-1-3-18(4-2-17)37(35,36)33-9-7-32(8-10-33)21-13-16(23(26,27)28)12-20(25)31-21/h1-6,11-13H,7-10,14H2,(H,30,34). The highest BCUT2D eigenvalue weighted by Crippen LogP contribution is 2.33. The summed E-state index contributed by atoms with van der Waals surface area (Å²) >= 11 is 11.6. The third-order valence-corrected chi connectivity index (χ3v) is 8.05. The summed E-state index contributed by atoms with van der Waals surface area (Å²) in [6.07, 6.45) is -3.11. The van der Waals surface area contributed by atoms with Crippen LogP contribution in [0.5, 0.6) is 0 Å². The number of hydrogen-bond donors (Lipinski definition) is 1. The van der Waals surface area contributed by atoms with Crippen molar-refractivity contribution in [3.8, 4) is 0 Å². The Bertz CT molecular complexity index is 1400. The molecule has 0 saturated carbocycles. The molecule has 0 bridgehead atoms. The van der Waals surface area contributed by atoms with Crippen LogP contribution in [0.1, 0.15) is 21.6 Å². The molecule has 4 rings (SSSR count). The number of hydrogen-bond acceptors (Lipinski definition) is 6. The molecule has 14 heteroatoms. The SMILES string of the molecule is O=C(Nc1ccc(S(=O)(=O)N2CCN(c3cc(C(F)(F)F)cc(Cl)n3)CC2)cc1)c1cc(CCl)ccn1. The lowest BCUT2D eigenvalue weighted by molar-refractivity contribution is -0.137. The fraction of sp³-hybridized carbons (Fsp3) is 0.261. The van der Waals surface area contributed by atoms with Crippen LogP contribution in [-0.4, -0.2) is 54.8 Å². The van der Waals surface area contributed by atoms with Crippen LogP contribution in [0.15, 0.2) is 59.6 Å². The molecule has 196 valence electrons. The van der Waals surface area contributed by atoms with Gasteiger partial charge in [-0.25, -0.2) is 13.4 Å². The third-order valence-electron chi connectivity index (χ3n) is 5.63. The summed E-state index contributed by atoms with van der Waals surface area (Å²) in [6.45, 7) is 0.344. The molecule has 3 heterocycles. The maximum Gasteiger partial charge on any atom is 0.416 e. The smallest absolute Gasteiger partial charge is 0.354 e. The molecule has 8 nitrogen and oxygen atoms in total. The van der Waals surface area contributed by atoms with Gasteiger partial charge in [0.2, 0.25) is 10.0 Å². The molecular formula is C23H20Cl2F3N5O3S. The Morgan fingerprint density at radius 2 is 1.70 bits per heavy atom. The van der Waals surface area contributed by atoms with Gasteiger partial charge in [-0.05, 0) is 54.1 Å². The first-order valence-electron chi connectivity index (χ1n) is 10.9. The average molecular weight is 574 g/mol. The number of rotatable bonds is 6. The second kappa shape index (κ2) is 10.8. The minimum atomic E-state index is -4.58. The number of anilines is 2. The average Bonchev–Trinajstić information content (AvgIpc) is 2.88. The number of nitrogens with one attached hydrogen (secondary N) is 1. The zero-order valence-corrected chi connectivity index (χ0v) is 21.4. The van der Waals surface area contributed by atoms with E-state index >= 15 is 0 Å². The summed E-state index contributed by atoms with van der Waals surface area (Å²) in [7, 11) is -3.87.